The van der Waals surface area contributed by atoms with Crippen LogP contribution in [0.2, 0.25) is 0 Å². The van der Waals surface area contributed by atoms with Gasteiger partial charge in [-0.2, -0.15) is 4.31 Å². The Labute approximate surface area is 167 Å². The first-order chi connectivity index (χ1) is 13.2. The van der Waals surface area contributed by atoms with Crippen LogP contribution in [0.4, 0.5) is 10.5 Å². The van der Waals surface area contributed by atoms with E-state index in [0.29, 0.717) is 31.1 Å². The Morgan fingerprint density at radius 3 is 2.04 bits per heavy atom. The molecule has 1 saturated heterocycles. The number of rotatable bonds is 3. The third-order valence-corrected chi connectivity index (χ3v) is 7.22. The lowest BCUT2D eigenvalue weighted by Crippen LogP contribution is -2.53. The summed E-state index contributed by atoms with van der Waals surface area (Å²) in [5, 5.41) is 0. The van der Waals surface area contributed by atoms with E-state index in [9.17, 15) is 13.2 Å². The molecule has 28 heavy (non-hydrogen) atoms. The maximum absolute atomic E-state index is 13.0. The van der Waals surface area contributed by atoms with Crippen LogP contribution in [0.3, 0.4) is 0 Å². The van der Waals surface area contributed by atoms with Gasteiger partial charge in [0.05, 0.1) is 4.90 Å². The molecule has 0 radical (unpaired) electrons. The summed E-state index contributed by atoms with van der Waals surface area (Å²) in [6.45, 7) is 7.10. The van der Waals surface area contributed by atoms with Crippen molar-refractivity contribution in [2.75, 3.05) is 38.1 Å². The number of amides is 2. The van der Waals surface area contributed by atoms with E-state index < -0.39 is 10.0 Å². The highest BCUT2D eigenvalue weighted by atomic mass is 32.2. The zero-order chi connectivity index (χ0) is 20.5. The van der Waals surface area contributed by atoms with Crippen molar-refractivity contribution in [1.29, 1.82) is 0 Å². The first kappa shape index (κ1) is 20.4. The quantitative estimate of drug-likeness (QED) is 0.794. The number of carbonyl (C=O) groups excluding carboxylic acids is 1. The number of urea groups is 1. The Hall–Kier alpha value is -2.38. The van der Waals surface area contributed by atoms with E-state index >= 15 is 0 Å². The molecule has 150 valence electrons. The van der Waals surface area contributed by atoms with E-state index in [1.165, 1.54) is 4.31 Å². The molecule has 2 aromatic rings. The SMILES string of the molecule is Cc1ccc(N(C)C(=O)N2CCN(S(=O)(=O)c3ccc(C)cc3C)CC2)cc1. The van der Waals surface area contributed by atoms with E-state index in [1.807, 2.05) is 57.2 Å². The maximum atomic E-state index is 13.0. The van der Waals surface area contributed by atoms with Crippen LogP contribution in [0.25, 0.3) is 0 Å². The summed E-state index contributed by atoms with van der Waals surface area (Å²) in [4.78, 5) is 16.4. The highest BCUT2D eigenvalue weighted by molar-refractivity contribution is 7.89. The summed E-state index contributed by atoms with van der Waals surface area (Å²) >= 11 is 0. The fourth-order valence-corrected chi connectivity index (χ4v) is 5.07. The van der Waals surface area contributed by atoms with Crippen LogP contribution >= 0.6 is 0 Å². The lowest BCUT2D eigenvalue weighted by Gasteiger charge is -2.36. The summed E-state index contributed by atoms with van der Waals surface area (Å²) in [6, 6.07) is 13.0. The van der Waals surface area contributed by atoms with Crippen molar-refractivity contribution in [3.8, 4) is 0 Å². The highest BCUT2D eigenvalue weighted by Gasteiger charge is 2.32. The van der Waals surface area contributed by atoms with Crippen molar-refractivity contribution >= 4 is 21.7 Å². The molecule has 7 heteroatoms. The van der Waals surface area contributed by atoms with Crippen molar-refractivity contribution < 1.29 is 13.2 Å². The topological polar surface area (TPSA) is 60.9 Å². The summed E-state index contributed by atoms with van der Waals surface area (Å²) in [5.41, 5.74) is 3.74. The van der Waals surface area contributed by atoms with Crippen LogP contribution in [0.1, 0.15) is 16.7 Å². The molecule has 1 aliphatic heterocycles. The molecule has 0 spiro atoms. The highest BCUT2D eigenvalue weighted by Crippen LogP contribution is 2.23. The average molecular weight is 402 g/mol. The predicted molar refractivity (Wildman–Crippen MR) is 111 cm³/mol. The third kappa shape index (κ3) is 4.05. The number of hydrogen-bond acceptors (Lipinski definition) is 3. The molecule has 2 aromatic carbocycles. The Balaban J connectivity index is 1.68. The summed E-state index contributed by atoms with van der Waals surface area (Å²) in [5.74, 6) is 0. The maximum Gasteiger partial charge on any atom is 0.324 e. The standard InChI is InChI=1S/C21H27N3O3S/c1-16-5-8-19(9-6-16)22(4)21(25)23-11-13-24(14-12-23)28(26,27)20-10-7-17(2)15-18(20)3/h5-10,15H,11-14H2,1-4H3. The van der Waals surface area contributed by atoms with E-state index in [1.54, 1.807) is 22.9 Å². The number of hydrogen-bond donors (Lipinski definition) is 0. The van der Waals surface area contributed by atoms with Crippen molar-refractivity contribution in [3.05, 3.63) is 59.2 Å². The molecule has 6 nitrogen and oxygen atoms in total. The molecule has 0 aliphatic carbocycles. The second-order valence-corrected chi connectivity index (χ2v) is 9.24. The summed E-state index contributed by atoms with van der Waals surface area (Å²) < 4.78 is 27.5. The van der Waals surface area contributed by atoms with E-state index in [-0.39, 0.29) is 6.03 Å². The first-order valence-electron chi connectivity index (χ1n) is 9.37. The molecule has 0 aromatic heterocycles. The Morgan fingerprint density at radius 2 is 1.46 bits per heavy atom. The normalized spacial score (nSPS) is 15.5. The molecular formula is C21H27N3O3S. The lowest BCUT2D eigenvalue weighted by atomic mass is 10.2. The van der Waals surface area contributed by atoms with Gasteiger partial charge >= 0.3 is 6.03 Å². The van der Waals surface area contributed by atoms with E-state index in [2.05, 4.69) is 0 Å². The molecule has 0 atom stereocenters. The van der Waals surface area contributed by atoms with Gasteiger partial charge in [0.25, 0.3) is 0 Å². The van der Waals surface area contributed by atoms with E-state index in [4.69, 9.17) is 0 Å². The summed E-state index contributed by atoms with van der Waals surface area (Å²) in [6.07, 6.45) is 0. The minimum Gasteiger partial charge on any atom is -0.322 e. The van der Waals surface area contributed by atoms with Crippen LogP contribution in [0, 0.1) is 20.8 Å². The van der Waals surface area contributed by atoms with Crippen molar-refractivity contribution in [2.24, 2.45) is 0 Å². The van der Waals surface area contributed by atoms with Crippen molar-refractivity contribution in [3.63, 3.8) is 0 Å². The number of piperazine rings is 1. The summed E-state index contributed by atoms with van der Waals surface area (Å²) in [7, 11) is -1.81. The number of sulfonamides is 1. The molecular weight excluding hydrogens is 374 g/mol. The third-order valence-electron chi connectivity index (χ3n) is 5.17. The lowest BCUT2D eigenvalue weighted by molar-refractivity contribution is 0.179. The van der Waals surface area contributed by atoms with Crippen LogP contribution in [-0.4, -0.2) is 56.9 Å². The molecule has 3 rings (SSSR count). The van der Waals surface area contributed by atoms with Crippen LogP contribution < -0.4 is 4.90 Å². The van der Waals surface area contributed by atoms with Gasteiger partial charge in [-0.15, -0.1) is 0 Å². The molecule has 0 unspecified atom stereocenters. The fourth-order valence-electron chi connectivity index (χ4n) is 3.44. The van der Waals surface area contributed by atoms with Crippen LogP contribution in [0.15, 0.2) is 47.4 Å². The molecule has 1 fully saturated rings. The van der Waals surface area contributed by atoms with Crippen molar-refractivity contribution in [1.82, 2.24) is 9.21 Å². The van der Waals surface area contributed by atoms with Gasteiger partial charge < -0.3 is 4.90 Å². The van der Waals surface area contributed by atoms with Gasteiger partial charge in [0.2, 0.25) is 10.0 Å². The largest absolute Gasteiger partial charge is 0.324 e. The Morgan fingerprint density at radius 1 is 0.893 bits per heavy atom. The molecule has 2 amide bonds. The van der Waals surface area contributed by atoms with Gasteiger partial charge in [0, 0.05) is 38.9 Å². The number of benzene rings is 2. The Kier molecular flexibility index (Phi) is 5.76. The zero-order valence-electron chi connectivity index (χ0n) is 16.8. The first-order valence-corrected chi connectivity index (χ1v) is 10.8. The second kappa shape index (κ2) is 7.93. The number of carbonyl (C=O) groups is 1. The van der Waals surface area contributed by atoms with Gasteiger partial charge in [-0.1, -0.05) is 35.4 Å². The Bertz CT molecular complexity index is 963. The van der Waals surface area contributed by atoms with Gasteiger partial charge in [-0.25, -0.2) is 13.2 Å². The average Bonchev–Trinajstić information content (AvgIpc) is 2.67. The molecule has 0 saturated carbocycles. The minimum atomic E-state index is -3.55. The smallest absolute Gasteiger partial charge is 0.322 e. The molecule has 1 aliphatic rings. The van der Waals surface area contributed by atoms with E-state index in [0.717, 1.165) is 22.4 Å². The molecule has 0 N–H and O–H groups in total. The van der Waals surface area contributed by atoms with Gasteiger partial charge in [-0.3, -0.25) is 4.90 Å². The number of nitrogens with zero attached hydrogens (tertiary/aromatic N) is 3. The number of aryl methyl sites for hydroxylation is 3. The second-order valence-electron chi connectivity index (χ2n) is 7.34. The monoisotopic (exact) mass is 401 g/mol. The molecule has 0 bridgehead atoms. The zero-order valence-corrected chi connectivity index (χ0v) is 17.7. The van der Waals surface area contributed by atoms with Gasteiger partial charge in [-0.05, 0) is 44.5 Å². The predicted octanol–water partition coefficient (Wildman–Crippen LogP) is 3.17. The fraction of sp³-hybridized carbons (Fsp3) is 0.381. The van der Waals surface area contributed by atoms with Gasteiger partial charge in [0.1, 0.15) is 0 Å². The van der Waals surface area contributed by atoms with Crippen molar-refractivity contribution in [2.45, 2.75) is 25.7 Å². The van der Waals surface area contributed by atoms with Gasteiger partial charge in [0.15, 0.2) is 0 Å². The molecule has 1 heterocycles. The van der Waals surface area contributed by atoms with Crippen LogP contribution in [-0.2, 0) is 10.0 Å². The van der Waals surface area contributed by atoms with Crippen LogP contribution in [0.5, 0.6) is 0 Å². The minimum absolute atomic E-state index is 0.118. The number of anilines is 1.